The highest BCUT2D eigenvalue weighted by molar-refractivity contribution is 6.05. The van der Waals surface area contributed by atoms with E-state index in [1.165, 1.54) is 17.5 Å². The summed E-state index contributed by atoms with van der Waals surface area (Å²) in [5.41, 5.74) is 16.5. The molecule has 4 N–H and O–H groups in total. The van der Waals surface area contributed by atoms with Crippen molar-refractivity contribution in [1.82, 2.24) is 0 Å². The Morgan fingerprint density at radius 2 is 1.62 bits per heavy atom. The summed E-state index contributed by atoms with van der Waals surface area (Å²) in [5, 5.41) is 0. The van der Waals surface area contributed by atoms with Crippen LogP contribution in [0.25, 0.3) is 11.1 Å². The van der Waals surface area contributed by atoms with Crippen LogP contribution in [0.2, 0.25) is 0 Å². The third-order valence-corrected chi connectivity index (χ3v) is 5.31. The molecular weight excluding hydrogens is 322 g/mol. The van der Waals surface area contributed by atoms with E-state index in [4.69, 9.17) is 16.5 Å². The van der Waals surface area contributed by atoms with Crippen molar-refractivity contribution >= 4 is 17.6 Å². The Labute approximate surface area is 154 Å². The van der Waals surface area contributed by atoms with Gasteiger partial charge in [0.1, 0.15) is 5.66 Å². The van der Waals surface area contributed by atoms with E-state index in [-0.39, 0.29) is 5.96 Å². The number of nitrogens with two attached hydrogens (primary N) is 2. The molecule has 1 aliphatic carbocycles. The predicted molar refractivity (Wildman–Crippen MR) is 108 cm³/mol. The summed E-state index contributed by atoms with van der Waals surface area (Å²) in [7, 11) is 0. The van der Waals surface area contributed by atoms with E-state index in [2.05, 4.69) is 65.3 Å². The molecule has 0 atom stereocenters. The molecule has 0 amide bonds. The van der Waals surface area contributed by atoms with E-state index in [9.17, 15) is 0 Å². The molecule has 5 heteroatoms. The SMILES string of the molecule is Cc1cccc(-c2cccc(N3C(N)=NC(N)=NC34CCCCC4)c2)c1. The molecule has 2 aromatic rings. The van der Waals surface area contributed by atoms with Crippen molar-refractivity contribution in [2.24, 2.45) is 21.5 Å². The van der Waals surface area contributed by atoms with Gasteiger partial charge >= 0.3 is 0 Å². The van der Waals surface area contributed by atoms with E-state index in [0.717, 1.165) is 36.9 Å². The van der Waals surface area contributed by atoms with E-state index >= 15 is 0 Å². The molecule has 2 aromatic carbocycles. The van der Waals surface area contributed by atoms with E-state index in [0.29, 0.717) is 5.96 Å². The van der Waals surface area contributed by atoms with Gasteiger partial charge in [0.2, 0.25) is 11.9 Å². The van der Waals surface area contributed by atoms with Crippen LogP contribution in [-0.2, 0) is 0 Å². The maximum Gasteiger partial charge on any atom is 0.220 e. The maximum absolute atomic E-state index is 6.33. The summed E-state index contributed by atoms with van der Waals surface area (Å²) in [4.78, 5) is 11.1. The van der Waals surface area contributed by atoms with Crippen LogP contribution >= 0.6 is 0 Å². The predicted octanol–water partition coefficient (Wildman–Crippen LogP) is 3.77. The molecule has 1 heterocycles. The van der Waals surface area contributed by atoms with Gasteiger partial charge in [-0.1, -0.05) is 48.4 Å². The molecule has 1 spiro atoms. The topological polar surface area (TPSA) is 80.0 Å². The summed E-state index contributed by atoms with van der Waals surface area (Å²) >= 11 is 0. The van der Waals surface area contributed by atoms with Crippen LogP contribution in [0.4, 0.5) is 5.69 Å². The Hall–Kier alpha value is -2.82. The highest BCUT2D eigenvalue weighted by Gasteiger charge is 2.42. The zero-order valence-electron chi connectivity index (χ0n) is 15.2. The third kappa shape index (κ3) is 2.94. The van der Waals surface area contributed by atoms with Crippen molar-refractivity contribution in [3.8, 4) is 11.1 Å². The molecule has 0 radical (unpaired) electrons. The largest absolute Gasteiger partial charge is 0.369 e. The Morgan fingerprint density at radius 1 is 0.923 bits per heavy atom. The quantitative estimate of drug-likeness (QED) is 0.868. The van der Waals surface area contributed by atoms with Crippen LogP contribution in [0.3, 0.4) is 0 Å². The first-order chi connectivity index (χ1) is 12.6. The summed E-state index contributed by atoms with van der Waals surface area (Å²) in [6, 6.07) is 17.0. The fourth-order valence-corrected chi connectivity index (χ4v) is 4.14. The van der Waals surface area contributed by atoms with Crippen molar-refractivity contribution in [1.29, 1.82) is 0 Å². The van der Waals surface area contributed by atoms with Gasteiger partial charge in [0, 0.05) is 5.69 Å². The zero-order chi connectivity index (χ0) is 18.1. The fraction of sp³-hybridized carbons (Fsp3) is 0.333. The first-order valence-corrected chi connectivity index (χ1v) is 9.24. The molecule has 0 saturated heterocycles. The molecule has 5 nitrogen and oxygen atoms in total. The van der Waals surface area contributed by atoms with Gasteiger partial charge in [-0.15, -0.1) is 0 Å². The van der Waals surface area contributed by atoms with Gasteiger partial charge in [0.05, 0.1) is 0 Å². The van der Waals surface area contributed by atoms with Crippen molar-refractivity contribution in [3.05, 3.63) is 54.1 Å². The number of guanidine groups is 2. The van der Waals surface area contributed by atoms with Crippen molar-refractivity contribution in [3.63, 3.8) is 0 Å². The molecule has 2 aliphatic rings. The smallest absolute Gasteiger partial charge is 0.220 e. The number of rotatable bonds is 2. The number of benzene rings is 2. The average molecular weight is 347 g/mol. The van der Waals surface area contributed by atoms with Crippen LogP contribution < -0.4 is 16.4 Å². The summed E-state index contributed by atoms with van der Waals surface area (Å²) in [6.45, 7) is 2.11. The lowest BCUT2D eigenvalue weighted by Crippen LogP contribution is -2.58. The second-order valence-corrected chi connectivity index (χ2v) is 7.24. The molecule has 0 bridgehead atoms. The molecule has 26 heavy (non-hydrogen) atoms. The highest BCUT2D eigenvalue weighted by Crippen LogP contribution is 2.40. The minimum absolute atomic E-state index is 0.287. The minimum atomic E-state index is -0.403. The number of aliphatic imine (C=N–C) groups is 2. The first kappa shape index (κ1) is 16.6. The van der Waals surface area contributed by atoms with Gasteiger partial charge in [-0.3, -0.25) is 4.90 Å². The van der Waals surface area contributed by atoms with Gasteiger partial charge in [-0.2, -0.15) is 4.99 Å². The van der Waals surface area contributed by atoms with Crippen LogP contribution in [0.1, 0.15) is 37.7 Å². The monoisotopic (exact) mass is 347 g/mol. The Kier molecular flexibility index (Phi) is 4.15. The fourth-order valence-electron chi connectivity index (χ4n) is 4.14. The molecule has 4 rings (SSSR count). The van der Waals surface area contributed by atoms with E-state index in [1.807, 2.05) is 0 Å². The molecule has 1 saturated carbocycles. The molecule has 1 aliphatic heterocycles. The van der Waals surface area contributed by atoms with E-state index in [1.54, 1.807) is 0 Å². The van der Waals surface area contributed by atoms with Crippen molar-refractivity contribution in [2.45, 2.75) is 44.7 Å². The summed E-state index contributed by atoms with van der Waals surface area (Å²) in [6.07, 6.45) is 5.36. The van der Waals surface area contributed by atoms with Crippen molar-refractivity contribution in [2.75, 3.05) is 4.90 Å². The highest BCUT2D eigenvalue weighted by atomic mass is 15.4. The summed E-state index contributed by atoms with van der Waals surface area (Å²) in [5.74, 6) is 0.719. The summed E-state index contributed by atoms with van der Waals surface area (Å²) < 4.78 is 0. The number of hydrogen-bond donors (Lipinski definition) is 2. The molecule has 134 valence electrons. The number of aryl methyl sites for hydroxylation is 1. The second kappa shape index (κ2) is 6.48. The van der Waals surface area contributed by atoms with Gasteiger partial charge in [-0.25, -0.2) is 4.99 Å². The number of anilines is 1. The minimum Gasteiger partial charge on any atom is -0.369 e. The second-order valence-electron chi connectivity index (χ2n) is 7.24. The lowest BCUT2D eigenvalue weighted by atomic mass is 9.87. The van der Waals surface area contributed by atoms with Gasteiger partial charge in [0.15, 0.2) is 0 Å². The van der Waals surface area contributed by atoms with Crippen LogP contribution in [-0.4, -0.2) is 17.6 Å². The normalized spacial score (nSPS) is 19.2. The van der Waals surface area contributed by atoms with Crippen LogP contribution in [0, 0.1) is 6.92 Å². The molecule has 1 fully saturated rings. The van der Waals surface area contributed by atoms with Crippen LogP contribution in [0.15, 0.2) is 58.5 Å². The van der Waals surface area contributed by atoms with Gasteiger partial charge in [-0.05, 0) is 55.9 Å². The maximum atomic E-state index is 6.33. The Bertz CT molecular complexity index is 877. The first-order valence-electron chi connectivity index (χ1n) is 9.24. The number of hydrogen-bond acceptors (Lipinski definition) is 5. The molecule has 0 aromatic heterocycles. The molecule has 0 unspecified atom stereocenters. The lowest BCUT2D eigenvalue weighted by Gasteiger charge is -2.45. The molecular formula is C21H25N5. The van der Waals surface area contributed by atoms with Crippen molar-refractivity contribution < 1.29 is 0 Å². The lowest BCUT2D eigenvalue weighted by molar-refractivity contribution is 0.305. The Morgan fingerprint density at radius 3 is 2.35 bits per heavy atom. The third-order valence-electron chi connectivity index (χ3n) is 5.31. The zero-order valence-corrected chi connectivity index (χ0v) is 15.2. The Balaban J connectivity index is 1.78. The van der Waals surface area contributed by atoms with Crippen LogP contribution in [0.5, 0.6) is 0 Å². The van der Waals surface area contributed by atoms with E-state index < -0.39 is 5.66 Å². The standard InChI is InChI=1S/C21H25N5/c1-15-7-5-8-16(13-15)17-9-6-10-18(14-17)26-20(23)24-19(22)25-21(26)11-3-2-4-12-21/h5-10,13-14H,2-4,11-12H2,1H3,(H4,22,23,24,25). The number of nitrogens with zero attached hydrogens (tertiary/aromatic N) is 3. The van der Waals surface area contributed by atoms with Gasteiger partial charge < -0.3 is 11.5 Å². The average Bonchev–Trinajstić information content (AvgIpc) is 2.62. The van der Waals surface area contributed by atoms with Gasteiger partial charge in [0.25, 0.3) is 0 Å².